The van der Waals surface area contributed by atoms with Crippen LogP contribution in [0.25, 0.3) is 0 Å². The average molecular weight is 335 g/mol. The van der Waals surface area contributed by atoms with E-state index in [1.54, 1.807) is 0 Å². The summed E-state index contributed by atoms with van der Waals surface area (Å²) in [4.78, 5) is 0. The molecule has 0 radical (unpaired) electrons. The molecule has 19 heavy (non-hydrogen) atoms. The molecule has 0 aliphatic heterocycles. The van der Waals surface area contributed by atoms with Crippen molar-refractivity contribution in [3.63, 3.8) is 0 Å². The zero-order valence-corrected chi connectivity index (χ0v) is 13.1. The largest absolute Gasteiger partial charge is 0.487 e. The van der Waals surface area contributed by atoms with Crippen molar-refractivity contribution in [1.29, 1.82) is 0 Å². The van der Waals surface area contributed by atoms with Crippen molar-refractivity contribution in [3.8, 4) is 5.75 Å². The van der Waals surface area contributed by atoms with E-state index < -0.39 is 11.6 Å². The molecule has 108 valence electrons. The molecule has 0 aliphatic carbocycles. The molecule has 0 saturated carbocycles. The highest BCUT2D eigenvalue weighted by Crippen LogP contribution is 2.25. The third kappa shape index (κ3) is 5.09. The molecule has 0 N–H and O–H groups in total. The molecule has 0 heterocycles. The average Bonchev–Trinajstić information content (AvgIpc) is 2.40. The second-order valence-electron chi connectivity index (χ2n) is 4.75. The molecule has 0 bridgehead atoms. The fourth-order valence-electron chi connectivity index (χ4n) is 1.93. The normalized spacial score (nSPS) is 12.5. The Kier molecular flexibility index (Phi) is 7.36. The minimum atomic E-state index is -0.625. The molecule has 0 aliphatic rings. The first-order chi connectivity index (χ1) is 9.12. The summed E-state index contributed by atoms with van der Waals surface area (Å²) in [5.74, 6) is -1.14. The van der Waals surface area contributed by atoms with Gasteiger partial charge in [0, 0.05) is 5.33 Å². The second kappa shape index (κ2) is 8.51. The first-order valence-corrected chi connectivity index (χ1v) is 7.91. The van der Waals surface area contributed by atoms with Gasteiger partial charge in [0.05, 0.1) is 6.61 Å². The molecule has 0 aromatic heterocycles. The summed E-state index contributed by atoms with van der Waals surface area (Å²) < 4.78 is 32.8. The Hall–Kier alpha value is -0.640. The molecule has 1 aromatic rings. The molecule has 1 atom stereocenters. The maximum Gasteiger partial charge on any atom is 0.190 e. The van der Waals surface area contributed by atoms with Crippen LogP contribution in [0.2, 0.25) is 0 Å². The molecule has 1 unspecified atom stereocenters. The topological polar surface area (TPSA) is 9.23 Å². The maximum atomic E-state index is 13.7. The number of alkyl halides is 1. The van der Waals surface area contributed by atoms with Gasteiger partial charge in [-0.25, -0.2) is 8.78 Å². The molecule has 0 amide bonds. The highest BCUT2D eigenvalue weighted by Gasteiger charge is 2.14. The Morgan fingerprint density at radius 3 is 2.32 bits per heavy atom. The van der Waals surface area contributed by atoms with Gasteiger partial charge in [0.2, 0.25) is 0 Å². The lowest BCUT2D eigenvalue weighted by atomic mass is 10.0. The van der Waals surface area contributed by atoms with Gasteiger partial charge in [-0.05, 0) is 30.0 Å². The molecular weight excluding hydrogens is 314 g/mol. The molecule has 1 aromatic carbocycles. The Balaban J connectivity index is 2.66. The van der Waals surface area contributed by atoms with E-state index in [0.29, 0.717) is 23.4 Å². The summed E-state index contributed by atoms with van der Waals surface area (Å²) >= 11 is 3.18. The van der Waals surface area contributed by atoms with Crippen LogP contribution in [-0.2, 0) is 5.33 Å². The summed E-state index contributed by atoms with van der Waals surface area (Å²) in [6.07, 6.45) is 4.24. The summed E-state index contributed by atoms with van der Waals surface area (Å²) in [7, 11) is 0. The SMILES string of the molecule is CCCCC(CC)COc1c(F)cc(CBr)cc1F. The van der Waals surface area contributed by atoms with E-state index in [2.05, 4.69) is 29.8 Å². The van der Waals surface area contributed by atoms with Gasteiger partial charge in [-0.15, -0.1) is 0 Å². The first-order valence-electron chi connectivity index (χ1n) is 6.79. The van der Waals surface area contributed by atoms with Crippen molar-refractivity contribution in [2.75, 3.05) is 6.61 Å². The number of halogens is 3. The van der Waals surface area contributed by atoms with Gasteiger partial charge < -0.3 is 4.74 Å². The van der Waals surface area contributed by atoms with Crippen LogP contribution >= 0.6 is 15.9 Å². The third-order valence-corrected chi connectivity index (χ3v) is 3.87. The second-order valence-corrected chi connectivity index (χ2v) is 5.31. The number of hydrogen-bond acceptors (Lipinski definition) is 1. The van der Waals surface area contributed by atoms with Crippen LogP contribution in [0.5, 0.6) is 5.75 Å². The van der Waals surface area contributed by atoms with Crippen LogP contribution in [0, 0.1) is 17.6 Å². The number of hydrogen-bond donors (Lipinski definition) is 0. The highest BCUT2D eigenvalue weighted by molar-refractivity contribution is 9.08. The molecule has 1 nitrogen and oxygen atoms in total. The summed E-state index contributed by atoms with van der Waals surface area (Å²) in [5.41, 5.74) is 0.570. The first kappa shape index (κ1) is 16.4. The Bertz CT molecular complexity index is 373. The number of ether oxygens (including phenoxy) is 1. The predicted octanol–water partition coefficient (Wildman–Crippen LogP) is 5.45. The molecular formula is C15H21BrF2O. The lowest BCUT2D eigenvalue weighted by Gasteiger charge is -2.16. The van der Waals surface area contributed by atoms with Crippen LogP contribution in [0.4, 0.5) is 8.78 Å². The van der Waals surface area contributed by atoms with E-state index in [-0.39, 0.29) is 5.75 Å². The van der Waals surface area contributed by atoms with Crippen LogP contribution < -0.4 is 4.74 Å². The summed E-state index contributed by atoms with van der Waals surface area (Å²) in [6, 6.07) is 2.61. The van der Waals surface area contributed by atoms with E-state index in [0.717, 1.165) is 25.7 Å². The predicted molar refractivity (Wildman–Crippen MR) is 77.8 cm³/mol. The number of rotatable bonds is 8. The van der Waals surface area contributed by atoms with Crippen molar-refractivity contribution in [2.24, 2.45) is 5.92 Å². The van der Waals surface area contributed by atoms with Gasteiger partial charge in [0.1, 0.15) is 0 Å². The molecule has 4 heteroatoms. The minimum absolute atomic E-state index is 0.250. The quantitative estimate of drug-likeness (QED) is 0.574. The maximum absolute atomic E-state index is 13.7. The lowest BCUT2D eigenvalue weighted by Crippen LogP contribution is -2.13. The zero-order valence-electron chi connectivity index (χ0n) is 11.5. The summed E-state index contributed by atoms with van der Waals surface area (Å²) in [6.45, 7) is 4.58. The Morgan fingerprint density at radius 2 is 1.84 bits per heavy atom. The third-order valence-electron chi connectivity index (χ3n) is 3.22. The van der Waals surface area contributed by atoms with Crippen LogP contribution in [0.3, 0.4) is 0 Å². The van der Waals surface area contributed by atoms with Gasteiger partial charge in [0.15, 0.2) is 17.4 Å². The fourth-order valence-corrected chi connectivity index (χ4v) is 2.25. The molecule has 1 rings (SSSR count). The van der Waals surface area contributed by atoms with Crippen molar-refractivity contribution in [2.45, 2.75) is 44.9 Å². The Labute approximate surface area is 122 Å². The van der Waals surface area contributed by atoms with Gasteiger partial charge in [-0.1, -0.05) is 49.0 Å². The van der Waals surface area contributed by atoms with Crippen LogP contribution in [-0.4, -0.2) is 6.61 Å². The van der Waals surface area contributed by atoms with Gasteiger partial charge in [0.25, 0.3) is 0 Å². The van der Waals surface area contributed by atoms with Crippen molar-refractivity contribution < 1.29 is 13.5 Å². The standard InChI is InChI=1S/C15H21BrF2O/c1-3-5-6-11(4-2)10-19-15-13(17)7-12(9-16)8-14(15)18/h7-8,11H,3-6,9-10H2,1-2H3. The van der Waals surface area contributed by atoms with E-state index >= 15 is 0 Å². The van der Waals surface area contributed by atoms with E-state index in [1.807, 2.05) is 0 Å². The van der Waals surface area contributed by atoms with Gasteiger partial charge in [-0.2, -0.15) is 0 Å². The zero-order chi connectivity index (χ0) is 14.3. The smallest absolute Gasteiger partial charge is 0.190 e. The monoisotopic (exact) mass is 334 g/mol. The molecule has 0 spiro atoms. The lowest BCUT2D eigenvalue weighted by molar-refractivity contribution is 0.216. The van der Waals surface area contributed by atoms with E-state index in [9.17, 15) is 8.78 Å². The molecule has 0 fully saturated rings. The minimum Gasteiger partial charge on any atom is -0.487 e. The number of unbranched alkanes of at least 4 members (excludes halogenated alkanes) is 1. The van der Waals surface area contributed by atoms with Crippen LogP contribution in [0.15, 0.2) is 12.1 Å². The van der Waals surface area contributed by atoms with Gasteiger partial charge in [-0.3, -0.25) is 0 Å². The van der Waals surface area contributed by atoms with Crippen molar-refractivity contribution >= 4 is 15.9 Å². The van der Waals surface area contributed by atoms with Gasteiger partial charge >= 0.3 is 0 Å². The van der Waals surface area contributed by atoms with Crippen molar-refractivity contribution in [1.82, 2.24) is 0 Å². The number of benzene rings is 1. The van der Waals surface area contributed by atoms with Crippen molar-refractivity contribution in [3.05, 3.63) is 29.3 Å². The van der Waals surface area contributed by atoms with E-state index in [1.165, 1.54) is 12.1 Å². The highest BCUT2D eigenvalue weighted by atomic mass is 79.9. The Morgan fingerprint density at radius 1 is 1.21 bits per heavy atom. The summed E-state index contributed by atoms with van der Waals surface area (Å²) in [5, 5.41) is 0.426. The molecule has 0 saturated heterocycles. The van der Waals surface area contributed by atoms with Crippen LogP contribution in [0.1, 0.15) is 45.1 Å². The fraction of sp³-hybridized carbons (Fsp3) is 0.600. The van der Waals surface area contributed by atoms with E-state index in [4.69, 9.17) is 4.74 Å².